The minimum Gasteiger partial charge on any atom is -0.508 e. The van der Waals surface area contributed by atoms with Crippen LogP contribution in [-0.4, -0.2) is 31.5 Å². The summed E-state index contributed by atoms with van der Waals surface area (Å²) >= 11 is 0. The van der Waals surface area contributed by atoms with Gasteiger partial charge in [0, 0.05) is 18.7 Å². The Morgan fingerprint density at radius 3 is 2.31 bits per heavy atom. The summed E-state index contributed by atoms with van der Waals surface area (Å²) in [6, 6.07) is 21.3. The molecule has 0 saturated heterocycles. The predicted molar refractivity (Wildman–Crippen MR) is 112 cm³/mol. The van der Waals surface area contributed by atoms with Gasteiger partial charge in [0.2, 0.25) is 0 Å². The Balaban J connectivity index is 1.47. The van der Waals surface area contributed by atoms with Gasteiger partial charge in [-0.3, -0.25) is 5.32 Å². The van der Waals surface area contributed by atoms with Crippen molar-refractivity contribution in [2.24, 2.45) is 0 Å². The summed E-state index contributed by atoms with van der Waals surface area (Å²) in [4.78, 5) is 12.5. The third-order valence-electron chi connectivity index (χ3n) is 5.24. The van der Waals surface area contributed by atoms with Crippen LogP contribution >= 0.6 is 0 Å². The highest BCUT2D eigenvalue weighted by Crippen LogP contribution is 2.44. The second-order valence-corrected chi connectivity index (χ2v) is 7.03. The average molecular weight is 389 g/mol. The highest BCUT2D eigenvalue weighted by atomic mass is 16.5. The third kappa shape index (κ3) is 3.96. The standard InChI is InChI=1S/C24H23NO4/c1-28-13-12-16-14-17(26)10-11-23(16)25-24(27)29-15-22-20-8-4-2-6-18(20)19-7-3-5-9-21(19)22/h2-11,14,22,26H,12-13,15H2,1H3,(H,25,27). The van der Waals surface area contributed by atoms with Crippen molar-refractivity contribution < 1.29 is 19.4 Å². The zero-order chi connectivity index (χ0) is 20.2. The quantitative estimate of drug-likeness (QED) is 0.586. The van der Waals surface area contributed by atoms with Gasteiger partial charge in [-0.2, -0.15) is 0 Å². The van der Waals surface area contributed by atoms with Crippen LogP contribution in [0.1, 0.15) is 22.6 Å². The van der Waals surface area contributed by atoms with Gasteiger partial charge in [0.25, 0.3) is 0 Å². The zero-order valence-corrected chi connectivity index (χ0v) is 16.2. The Hall–Kier alpha value is -3.31. The van der Waals surface area contributed by atoms with Crippen molar-refractivity contribution in [1.29, 1.82) is 0 Å². The second kappa shape index (κ2) is 8.37. The molecule has 5 heteroatoms. The molecule has 0 heterocycles. The van der Waals surface area contributed by atoms with E-state index in [1.165, 1.54) is 28.3 Å². The van der Waals surface area contributed by atoms with Crippen molar-refractivity contribution >= 4 is 11.8 Å². The second-order valence-electron chi connectivity index (χ2n) is 7.03. The Kier molecular flexibility index (Phi) is 5.49. The molecule has 0 unspecified atom stereocenters. The van der Waals surface area contributed by atoms with E-state index in [1.54, 1.807) is 19.2 Å². The molecule has 0 aromatic heterocycles. The van der Waals surface area contributed by atoms with Crippen LogP contribution in [0.3, 0.4) is 0 Å². The molecule has 1 aliphatic rings. The van der Waals surface area contributed by atoms with Crippen LogP contribution in [-0.2, 0) is 15.9 Å². The molecule has 5 nitrogen and oxygen atoms in total. The van der Waals surface area contributed by atoms with Crippen molar-refractivity contribution in [2.45, 2.75) is 12.3 Å². The molecule has 0 spiro atoms. The van der Waals surface area contributed by atoms with E-state index in [1.807, 2.05) is 24.3 Å². The van der Waals surface area contributed by atoms with Gasteiger partial charge >= 0.3 is 6.09 Å². The molecule has 1 amide bonds. The summed E-state index contributed by atoms with van der Waals surface area (Å²) in [6.07, 6.45) is 0.0559. The molecule has 0 atom stereocenters. The Morgan fingerprint density at radius 1 is 1.00 bits per heavy atom. The van der Waals surface area contributed by atoms with Crippen LogP contribution in [0, 0.1) is 0 Å². The summed E-state index contributed by atoms with van der Waals surface area (Å²) < 4.78 is 10.7. The van der Waals surface area contributed by atoms with E-state index in [0.29, 0.717) is 18.7 Å². The van der Waals surface area contributed by atoms with Gasteiger partial charge in [-0.05, 0) is 52.4 Å². The molecule has 0 radical (unpaired) electrons. The summed E-state index contributed by atoms with van der Waals surface area (Å²) in [6.45, 7) is 0.744. The average Bonchev–Trinajstić information content (AvgIpc) is 3.06. The smallest absolute Gasteiger partial charge is 0.411 e. The monoisotopic (exact) mass is 389 g/mol. The minimum absolute atomic E-state index is 0.0147. The number of anilines is 1. The zero-order valence-electron chi connectivity index (χ0n) is 16.2. The van der Waals surface area contributed by atoms with Crippen molar-refractivity contribution in [3.63, 3.8) is 0 Å². The highest BCUT2D eigenvalue weighted by Gasteiger charge is 2.29. The number of nitrogens with one attached hydrogen (secondary N) is 1. The van der Waals surface area contributed by atoms with Gasteiger partial charge in [-0.25, -0.2) is 4.79 Å². The SMILES string of the molecule is COCCc1cc(O)ccc1NC(=O)OCC1c2ccccc2-c2ccccc21. The first kappa shape index (κ1) is 19.0. The molecule has 3 aromatic rings. The van der Waals surface area contributed by atoms with E-state index in [4.69, 9.17) is 9.47 Å². The molecule has 3 aromatic carbocycles. The number of fused-ring (bicyclic) bond motifs is 3. The van der Waals surface area contributed by atoms with E-state index >= 15 is 0 Å². The number of benzene rings is 3. The first-order chi connectivity index (χ1) is 14.2. The maximum absolute atomic E-state index is 12.5. The molecule has 1 aliphatic carbocycles. The fraction of sp³-hybridized carbons (Fsp3) is 0.208. The molecular weight excluding hydrogens is 366 g/mol. The van der Waals surface area contributed by atoms with Crippen LogP contribution in [0.25, 0.3) is 11.1 Å². The van der Waals surface area contributed by atoms with Crippen LogP contribution in [0.2, 0.25) is 0 Å². The molecule has 0 aliphatic heterocycles. The summed E-state index contributed by atoms with van der Waals surface area (Å²) in [5.41, 5.74) is 6.13. The molecule has 2 N–H and O–H groups in total. The molecule has 0 saturated carbocycles. The summed E-state index contributed by atoms with van der Waals surface area (Å²) in [5, 5.41) is 12.5. The number of rotatable bonds is 6. The molecule has 0 fully saturated rings. The Morgan fingerprint density at radius 2 is 1.66 bits per heavy atom. The molecule has 29 heavy (non-hydrogen) atoms. The van der Waals surface area contributed by atoms with Crippen LogP contribution in [0.5, 0.6) is 5.75 Å². The van der Waals surface area contributed by atoms with Crippen molar-refractivity contribution in [3.8, 4) is 16.9 Å². The lowest BCUT2D eigenvalue weighted by Crippen LogP contribution is -2.18. The van der Waals surface area contributed by atoms with Crippen molar-refractivity contribution in [3.05, 3.63) is 83.4 Å². The minimum atomic E-state index is -0.517. The number of amides is 1. The van der Waals surface area contributed by atoms with E-state index in [9.17, 15) is 9.90 Å². The number of hydrogen-bond donors (Lipinski definition) is 2. The Labute approximate surface area is 169 Å². The normalized spacial score (nSPS) is 12.3. The number of carbonyl (C=O) groups is 1. The molecule has 0 bridgehead atoms. The van der Waals surface area contributed by atoms with Gasteiger partial charge in [-0.15, -0.1) is 0 Å². The number of ether oxygens (including phenoxy) is 2. The van der Waals surface area contributed by atoms with Crippen LogP contribution in [0.4, 0.5) is 10.5 Å². The van der Waals surface area contributed by atoms with Gasteiger partial charge in [0.1, 0.15) is 12.4 Å². The van der Waals surface area contributed by atoms with E-state index in [0.717, 1.165) is 5.56 Å². The lowest BCUT2D eigenvalue weighted by atomic mass is 9.98. The molecular formula is C24H23NO4. The van der Waals surface area contributed by atoms with Gasteiger partial charge in [0.05, 0.1) is 6.61 Å². The molecule has 4 rings (SSSR count). The maximum Gasteiger partial charge on any atom is 0.411 e. The number of phenolic OH excluding ortho intramolecular Hbond substituents is 1. The van der Waals surface area contributed by atoms with Crippen LogP contribution < -0.4 is 5.32 Å². The third-order valence-corrected chi connectivity index (χ3v) is 5.24. The maximum atomic E-state index is 12.5. The fourth-order valence-corrected chi connectivity index (χ4v) is 3.87. The van der Waals surface area contributed by atoms with E-state index < -0.39 is 6.09 Å². The number of carbonyl (C=O) groups excluding carboxylic acids is 1. The lowest BCUT2D eigenvalue weighted by molar-refractivity contribution is 0.158. The number of hydrogen-bond acceptors (Lipinski definition) is 4. The van der Waals surface area contributed by atoms with Crippen LogP contribution in [0.15, 0.2) is 66.7 Å². The fourth-order valence-electron chi connectivity index (χ4n) is 3.87. The van der Waals surface area contributed by atoms with Crippen molar-refractivity contribution in [2.75, 3.05) is 25.6 Å². The van der Waals surface area contributed by atoms with E-state index in [2.05, 4.69) is 29.6 Å². The predicted octanol–water partition coefficient (Wildman–Crippen LogP) is 4.94. The molecule has 148 valence electrons. The summed E-state index contributed by atoms with van der Waals surface area (Å²) in [7, 11) is 1.61. The number of aromatic hydroxyl groups is 1. The first-order valence-electron chi connectivity index (χ1n) is 9.60. The summed E-state index contributed by atoms with van der Waals surface area (Å²) in [5.74, 6) is 0.162. The van der Waals surface area contributed by atoms with Crippen molar-refractivity contribution in [1.82, 2.24) is 0 Å². The topological polar surface area (TPSA) is 67.8 Å². The van der Waals surface area contributed by atoms with Gasteiger partial charge in [-0.1, -0.05) is 48.5 Å². The van der Waals surface area contributed by atoms with E-state index in [-0.39, 0.29) is 18.3 Å². The number of methoxy groups -OCH3 is 1. The van der Waals surface area contributed by atoms with Gasteiger partial charge in [0.15, 0.2) is 0 Å². The van der Waals surface area contributed by atoms with Gasteiger partial charge < -0.3 is 14.6 Å². The highest BCUT2D eigenvalue weighted by molar-refractivity contribution is 5.86. The largest absolute Gasteiger partial charge is 0.508 e. The number of phenols is 1. The lowest BCUT2D eigenvalue weighted by Gasteiger charge is -2.16. The first-order valence-corrected chi connectivity index (χ1v) is 9.60. The Bertz CT molecular complexity index is 985.